The number of aryl methyl sites for hydroxylation is 1. The normalized spacial score (nSPS) is 17.2. The molecule has 1 saturated heterocycles. The highest BCUT2D eigenvalue weighted by Crippen LogP contribution is 2.24. The van der Waals surface area contributed by atoms with Gasteiger partial charge in [0.25, 0.3) is 0 Å². The fourth-order valence-corrected chi connectivity index (χ4v) is 2.30. The predicted octanol–water partition coefficient (Wildman–Crippen LogP) is 3.44. The highest BCUT2D eigenvalue weighted by Gasteiger charge is 2.17. The summed E-state index contributed by atoms with van der Waals surface area (Å²) in [6, 6.07) is 6.44. The van der Waals surface area contributed by atoms with Gasteiger partial charge in [0.2, 0.25) is 0 Å². The topological polar surface area (TPSA) is 30.5 Å². The molecular weight excluding hydrogens is 250 g/mol. The maximum atomic E-state index is 6.19. The zero-order valence-electron chi connectivity index (χ0n) is 13.2. The van der Waals surface area contributed by atoms with Crippen molar-refractivity contribution in [3.63, 3.8) is 0 Å². The average molecular weight is 277 g/mol. The molecule has 1 fully saturated rings. The summed E-state index contributed by atoms with van der Waals surface area (Å²) in [7, 11) is 0. The molecule has 1 aromatic rings. The van der Waals surface area contributed by atoms with Crippen molar-refractivity contribution in [3.05, 3.63) is 29.3 Å². The van der Waals surface area contributed by atoms with Crippen LogP contribution < -0.4 is 10.1 Å². The van der Waals surface area contributed by atoms with E-state index in [2.05, 4.69) is 51.2 Å². The average Bonchev–Trinajstić information content (AvgIpc) is 2.39. The van der Waals surface area contributed by atoms with Gasteiger partial charge in [-0.2, -0.15) is 0 Å². The van der Waals surface area contributed by atoms with Crippen LogP contribution in [-0.2, 0) is 11.3 Å². The van der Waals surface area contributed by atoms with Gasteiger partial charge in [-0.3, -0.25) is 0 Å². The Morgan fingerprint density at radius 3 is 2.60 bits per heavy atom. The van der Waals surface area contributed by atoms with Gasteiger partial charge in [0, 0.05) is 30.5 Å². The lowest BCUT2D eigenvalue weighted by Gasteiger charge is -2.26. The van der Waals surface area contributed by atoms with Gasteiger partial charge in [0.15, 0.2) is 0 Å². The standard InChI is InChI=1S/C17H27NO2/c1-13-5-6-16(20-15-7-9-19-10-8-15)14(11-13)12-18-17(2,3)4/h5-6,11,15,18H,7-10,12H2,1-4H3. The van der Waals surface area contributed by atoms with Crippen molar-refractivity contribution in [1.82, 2.24) is 5.32 Å². The summed E-state index contributed by atoms with van der Waals surface area (Å²) in [5.74, 6) is 1.01. The maximum Gasteiger partial charge on any atom is 0.124 e. The van der Waals surface area contributed by atoms with E-state index >= 15 is 0 Å². The van der Waals surface area contributed by atoms with Gasteiger partial charge in [0.1, 0.15) is 11.9 Å². The van der Waals surface area contributed by atoms with Crippen molar-refractivity contribution in [2.45, 2.75) is 58.7 Å². The van der Waals surface area contributed by atoms with E-state index in [1.165, 1.54) is 11.1 Å². The Hall–Kier alpha value is -1.06. The third-order valence-electron chi connectivity index (χ3n) is 3.49. The Bertz CT molecular complexity index is 431. The molecule has 1 heterocycles. The van der Waals surface area contributed by atoms with Crippen molar-refractivity contribution in [2.24, 2.45) is 0 Å². The van der Waals surface area contributed by atoms with Crippen LogP contribution in [0, 0.1) is 6.92 Å². The zero-order chi connectivity index (χ0) is 14.6. The summed E-state index contributed by atoms with van der Waals surface area (Å²) in [4.78, 5) is 0. The smallest absolute Gasteiger partial charge is 0.124 e. The molecule has 0 aromatic heterocycles. The molecule has 0 amide bonds. The molecule has 0 spiro atoms. The second-order valence-electron chi connectivity index (χ2n) is 6.64. The molecule has 0 aliphatic carbocycles. The van der Waals surface area contributed by atoms with Gasteiger partial charge in [-0.1, -0.05) is 17.7 Å². The van der Waals surface area contributed by atoms with Crippen LogP contribution in [-0.4, -0.2) is 24.9 Å². The zero-order valence-corrected chi connectivity index (χ0v) is 13.2. The molecule has 3 nitrogen and oxygen atoms in total. The molecule has 3 heteroatoms. The van der Waals surface area contributed by atoms with Crippen LogP contribution in [0.25, 0.3) is 0 Å². The molecule has 0 unspecified atom stereocenters. The molecule has 1 N–H and O–H groups in total. The van der Waals surface area contributed by atoms with Gasteiger partial charge in [0.05, 0.1) is 13.2 Å². The van der Waals surface area contributed by atoms with E-state index in [-0.39, 0.29) is 5.54 Å². The lowest BCUT2D eigenvalue weighted by molar-refractivity contribution is 0.0251. The molecule has 1 aliphatic heterocycles. The minimum Gasteiger partial charge on any atom is -0.490 e. The highest BCUT2D eigenvalue weighted by molar-refractivity contribution is 5.37. The number of rotatable bonds is 4. The van der Waals surface area contributed by atoms with Crippen molar-refractivity contribution in [1.29, 1.82) is 0 Å². The fraction of sp³-hybridized carbons (Fsp3) is 0.647. The minimum absolute atomic E-state index is 0.111. The number of benzene rings is 1. The van der Waals surface area contributed by atoms with E-state index in [1.54, 1.807) is 0 Å². The fourth-order valence-electron chi connectivity index (χ4n) is 2.30. The second-order valence-corrected chi connectivity index (χ2v) is 6.64. The van der Waals surface area contributed by atoms with Gasteiger partial charge in [-0.15, -0.1) is 0 Å². The predicted molar refractivity (Wildman–Crippen MR) is 82.2 cm³/mol. The molecule has 20 heavy (non-hydrogen) atoms. The number of nitrogens with one attached hydrogen (secondary N) is 1. The Balaban J connectivity index is 2.06. The number of hydrogen-bond donors (Lipinski definition) is 1. The van der Waals surface area contributed by atoms with Gasteiger partial charge in [-0.05, 0) is 33.8 Å². The molecule has 112 valence electrons. The number of ether oxygens (including phenoxy) is 2. The van der Waals surface area contributed by atoms with Crippen LogP contribution in [0.5, 0.6) is 5.75 Å². The van der Waals surface area contributed by atoms with E-state index in [0.29, 0.717) is 6.10 Å². The highest BCUT2D eigenvalue weighted by atomic mass is 16.5. The molecule has 2 rings (SSSR count). The van der Waals surface area contributed by atoms with Crippen molar-refractivity contribution in [2.75, 3.05) is 13.2 Å². The molecule has 1 aliphatic rings. The van der Waals surface area contributed by atoms with Gasteiger partial charge < -0.3 is 14.8 Å². The third kappa shape index (κ3) is 4.80. The first kappa shape index (κ1) is 15.3. The van der Waals surface area contributed by atoms with Gasteiger partial charge in [-0.25, -0.2) is 0 Å². The molecule has 0 saturated carbocycles. The van der Waals surface area contributed by atoms with Crippen molar-refractivity contribution in [3.8, 4) is 5.75 Å². The van der Waals surface area contributed by atoms with Crippen LogP contribution in [0.15, 0.2) is 18.2 Å². The van der Waals surface area contributed by atoms with E-state index in [4.69, 9.17) is 9.47 Å². The Kier molecular flexibility index (Phi) is 5.06. The molecule has 0 atom stereocenters. The largest absolute Gasteiger partial charge is 0.490 e. The van der Waals surface area contributed by atoms with E-state index in [9.17, 15) is 0 Å². The minimum atomic E-state index is 0.111. The number of hydrogen-bond acceptors (Lipinski definition) is 3. The van der Waals surface area contributed by atoms with Crippen molar-refractivity contribution < 1.29 is 9.47 Å². The van der Waals surface area contributed by atoms with Crippen molar-refractivity contribution >= 4 is 0 Å². The van der Waals surface area contributed by atoms with E-state index in [1.807, 2.05) is 0 Å². The molecule has 0 bridgehead atoms. The summed E-state index contributed by atoms with van der Waals surface area (Å²) in [6.07, 6.45) is 2.26. The Morgan fingerprint density at radius 1 is 1.25 bits per heavy atom. The van der Waals surface area contributed by atoms with Crippen LogP contribution in [0.2, 0.25) is 0 Å². The lowest BCUT2D eigenvalue weighted by Crippen LogP contribution is -2.35. The first-order valence-corrected chi connectivity index (χ1v) is 7.53. The molecular formula is C17H27NO2. The first-order chi connectivity index (χ1) is 9.44. The second kappa shape index (κ2) is 6.59. The lowest BCUT2D eigenvalue weighted by atomic mass is 10.1. The van der Waals surface area contributed by atoms with Crippen LogP contribution in [0.1, 0.15) is 44.7 Å². The Morgan fingerprint density at radius 2 is 1.95 bits per heavy atom. The SMILES string of the molecule is Cc1ccc(OC2CCOCC2)c(CNC(C)(C)C)c1. The first-order valence-electron chi connectivity index (χ1n) is 7.53. The molecule has 1 aromatic carbocycles. The Labute approximate surface area is 122 Å². The molecule has 0 radical (unpaired) electrons. The summed E-state index contributed by atoms with van der Waals surface area (Å²) in [5, 5.41) is 3.54. The third-order valence-corrected chi connectivity index (χ3v) is 3.49. The summed E-state index contributed by atoms with van der Waals surface area (Å²) in [5.41, 5.74) is 2.63. The van der Waals surface area contributed by atoms with Gasteiger partial charge >= 0.3 is 0 Å². The summed E-state index contributed by atoms with van der Waals surface area (Å²) in [6.45, 7) is 11.1. The monoisotopic (exact) mass is 277 g/mol. The van der Waals surface area contributed by atoms with Crippen LogP contribution in [0.4, 0.5) is 0 Å². The van der Waals surface area contributed by atoms with Crippen LogP contribution >= 0.6 is 0 Å². The summed E-state index contributed by atoms with van der Waals surface area (Å²) >= 11 is 0. The quantitative estimate of drug-likeness (QED) is 0.914. The van der Waals surface area contributed by atoms with Crippen LogP contribution in [0.3, 0.4) is 0 Å². The van der Waals surface area contributed by atoms with E-state index in [0.717, 1.165) is 38.3 Å². The summed E-state index contributed by atoms with van der Waals surface area (Å²) < 4.78 is 11.6. The maximum absolute atomic E-state index is 6.19. The van der Waals surface area contributed by atoms with E-state index < -0.39 is 0 Å².